The summed E-state index contributed by atoms with van der Waals surface area (Å²) in [5, 5.41) is 18.5. The minimum atomic E-state index is 0.400. The lowest BCUT2D eigenvalue weighted by Gasteiger charge is -2.03. The molecule has 102 valence electrons. The SMILES string of the molecule is Cc1cc(C)c(C)c(O)c1.Cc1cccc(C)c1O. The van der Waals surface area contributed by atoms with Crippen LogP contribution in [-0.4, -0.2) is 10.2 Å². The Bertz CT molecular complexity index is 528. The first-order chi connectivity index (χ1) is 8.82. The van der Waals surface area contributed by atoms with Gasteiger partial charge in [-0.1, -0.05) is 24.3 Å². The lowest BCUT2D eigenvalue weighted by atomic mass is 10.1. The van der Waals surface area contributed by atoms with Gasteiger partial charge in [-0.3, -0.25) is 0 Å². The summed E-state index contributed by atoms with van der Waals surface area (Å²) in [6, 6.07) is 9.56. The number of benzene rings is 2. The van der Waals surface area contributed by atoms with E-state index < -0.39 is 0 Å². The zero-order valence-electron chi connectivity index (χ0n) is 12.3. The molecule has 0 aliphatic rings. The van der Waals surface area contributed by atoms with Crippen LogP contribution in [0.3, 0.4) is 0 Å². The largest absolute Gasteiger partial charge is 0.508 e. The van der Waals surface area contributed by atoms with Crippen molar-refractivity contribution >= 4 is 0 Å². The molecule has 0 saturated heterocycles. The predicted octanol–water partition coefficient (Wildman–Crippen LogP) is 4.33. The summed E-state index contributed by atoms with van der Waals surface area (Å²) in [5.74, 6) is 0.815. The van der Waals surface area contributed by atoms with Crippen LogP contribution in [0.2, 0.25) is 0 Å². The van der Waals surface area contributed by atoms with Crippen LogP contribution < -0.4 is 0 Å². The number of hydrogen-bond donors (Lipinski definition) is 2. The molecular formula is C17H22O2. The molecule has 0 atom stereocenters. The minimum absolute atomic E-state index is 0.400. The van der Waals surface area contributed by atoms with Gasteiger partial charge in [0.1, 0.15) is 11.5 Å². The van der Waals surface area contributed by atoms with E-state index in [0.717, 1.165) is 27.8 Å². The molecule has 2 aromatic carbocycles. The molecule has 2 nitrogen and oxygen atoms in total. The Labute approximate surface area is 115 Å². The molecule has 0 fully saturated rings. The van der Waals surface area contributed by atoms with Crippen LogP contribution in [0.4, 0.5) is 0 Å². The van der Waals surface area contributed by atoms with Crippen molar-refractivity contribution in [1.29, 1.82) is 0 Å². The van der Waals surface area contributed by atoms with Crippen LogP contribution in [0, 0.1) is 34.6 Å². The Morgan fingerprint density at radius 2 is 1.26 bits per heavy atom. The number of hydrogen-bond acceptors (Lipinski definition) is 2. The highest BCUT2D eigenvalue weighted by molar-refractivity contribution is 5.40. The maximum absolute atomic E-state index is 9.28. The van der Waals surface area contributed by atoms with Crippen molar-refractivity contribution in [3.63, 3.8) is 0 Å². The number of phenolic OH excluding ortho intramolecular Hbond substituents is 2. The van der Waals surface area contributed by atoms with Crippen molar-refractivity contribution in [2.24, 2.45) is 0 Å². The quantitative estimate of drug-likeness (QED) is 0.738. The molecule has 0 saturated carbocycles. The summed E-state index contributed by atoms with van der Waals surface area (Å²) in [7, 11) is 0. The number of aryl methyl sites for hydroxylation is 4. The smallest absolute Gasteiger partial charge is 0.121 e. The highest BCUT2D eigenvalue weighted by atomic mass is 16.3. The molecule has 0 radical (unpaired) electrons. The molecule has 0 bridgehead atoms. The summed E-state index contributed by atoms with van der Waals surface area (Å²) < 4.78 is 0. The summed E-state index contributed by atoms with van der Waals surface area (Å²) in [5.41, 5.74) is 5.12. The van der Waals surface area contributed by atoms with Gasteiger partial charge >= 0.3 is 0 Å². The van der Waals surface area contributed by atoms with Crippen LogP contribution in [0.25, 0.3) is 0 Å². The Morgan fingerprint density at radius 3 is 1.68 bits per heavy atom. The molecule has 2 heteroatoms. The van der Waals surface area contributed by atoms with E-state index in [2.05, 4.69) is 6.07 Å². The second kappa shape index (κ2) is 6.28. The van der Waals surface area contributed by atoms with Gasteiger partial charge in [-0.2, -0.15) is 0 Å². The molecule has 0 aliphatic heterocycles. The molecule has 0 heterocycles. The van der Waals surface area contributed by atoms with Crippen molar-refractivity contribution in [1.82, 2.24) is 0 Å². The van der Waals surface area contributed by atoms with Crippen molar-refractivity contribution < 1.29 is 10.2 Å². The van der Waals surface area contributed by atoms with E-state index >= 15 is 0 Å². The van der Waals surface area contributed by atoms with E-state index in [0.29, 0.717) is 11.5 Å². The second-order valence-electron chi connectivity index (χ2n) is 4.97. The second-order valence-corrected chi connectivity index (χ2v) is 4.97. The van der Waals surface area contributed by atoms with E-state index in [1.165, 1.54) is 0 Å². The normalized spacial score (nSPS) is 9.74. The summed E-state index contributed by atoms with van der Waals surface area (Å²) in [6.45, 7) is 9.68. The van der Waals surface area contributed by atoms with Crippen LogP contribution in [0.1, 0.15) is 27.8 Å². The molecule has 0 spiro atoms. The topological polar surface area (TPSA) is 40.5 Å². The molecule has 19 heavy (non-hydrogen) atoms. The summed E-state index contributed by atoms with van der Waals surface area (Å²) in [6.07, 6.45) is 0. The Kier molecular flexibility index (Phi) is 4.99. The molecular weight excluding hydrogens is 236 g/mol. The first kappa shape index (κ1) is 15.1. The number of rotatable bonds is 0. The van der Waals surface area contributed by atoms with Gasteiger partial charge < -0.3 is 10.2 Å². The lowest BCUT2D eigenvalue weighted by molar-refractivity contribution is 0.467. The van der Waals surface area contributed by atoms with Gasteiger partial charge in [-0.05, 0) is 68.5 Å². The molecule has 2 aromatic rings. The first-order valence-corrected chi connectivity index (χ1v) is 6.35. The van der Waals surface area contributed by atoms with Crippen LogP contribution in [-0.2, 0) is 0 Å². The molecule has 0 amide bonds. The van der Waals surface area contributed by atoms with Gasteiger partial charge in [-0.25, -0.2) is 0 Å². The number of aromatic hydroxyl groups is 2. The third kappa shape index (κ3) is 4.02. The fourth-order valence-electron chi connectivity index (χ4n) is 1.82. The average Bonchev–Trinajstić information content (AvgIpc) is 2.33. The average molecular weight is 258 g/mol. The number of para-hydroxylation sites is 1. The van der Waals surface area contributed by atoms with E-state index in [4.69, 9.17) is 0 Å². The Hall–Kier alpha value is -1.96. The van der Waals surface area contributed by atoms with Gasteiger partial charge in [0.15, 0.2) is 0 Å². The van der Waals surface area contributed by atoms with Gasteiger partial charge in [-0.15, -0.1) is 0 Å². The zero-order chi connectivity index (χ0) is 14.6. The van der Waals surface area contributed by atoms with E-state index in [1.54, 1.807) is 6.07 Å². The molecule has 0 unspecified atom stereocenters. The predicted molar refractivity (Wildman–Crippen MR) is 79.9 cm³/mol. The lowest BCUT2D eigenvalue weighted by Crippen LogP contribution is -1.82. The Morgan fingerprint density at radius 1 is 0.737 bits per heavy atom. The van der Waals surface area contributed by atoms with Gasteiger partial charge in [0.2, 0.25) is 0 Å². The van der Waals surface area contributed by atoms with Gasteiger partial charge in [0.25, 0.3) is 0 Å². The van der Waals surface area contributed by atoms with Gasteiger partial charge in [0.05, 0.1) is 0 Å². The summed E-state index contributed by atoms with van der Waals surface area (Å²) >= 11 is 0. The maximum atomic E-state index is 9.28. The zero-order valence-corrected chi connectivity index (χ0v) is 12.3. The van der Waals surface area contributed by atoms with Crippen LogP contribution in [0.5, 0.6) is 11.5 Å². The first-order valence-electron chi connectivity index (χ1n) is 6.35. The third-order valence-electron chi connectivity index (χ3n) is 3.22. The van der Waals surface area contributed by atoms with Crippen molar-refractivity contribution in [2.45, 2.75) is 34.6 Å². The molecule has 0 aromatic heterocycles. The van der Waals surface area contributed by atoms with E-state index in [9.17, 15) is 10.2 Å². The fraction of sp³-hybridized carbons (Fsp3) is 0.294. The van der Waals surface area contributed by atoms with E-state index in [-0.39, 0.29) is 0 Å². The molecule has 2 N–H and O–H groups in total. The third-order valence-corrected chi connectivity index (χ3v) is 3.22. The molecule has 0 aliphatic carbocycles. The van der Waals surface area contributed by atoms with Gasteiger partial charge in [0, 0.05) is 0 Å². The molecule has 2 rings (SSSR count). The highest BCUT2D eigenvalue weighted by Gasteiger charge is 1.98. The van der Waals surface area contributed by atoms with Crippen LogP contribution >= 0.6 is 0 Å². The highest BCUT2D eigenvalue weighted by Crippen LogP contribution is 2.21. The number of phenols is 2. The maximum Gasteiger partial charge on any atom is 0.121 e. The van der Waals surface area contributed by atoms with Crippen molar-refractivity contribution in [3.05, 3.63) is 58.1 Å². The Balaban J connectivity index is 0.000000191. The van der Waals surface area contributed by atoms with E-state index in [1.807, 2.05) is 52.8 Å². The minimum Gasteiger partial charge on any atom is -0.508 e. The monoisotopic (exact) mass is 258 g/mol. The summed E-state index contributed by atoms with van der Waals surface area (Å²) in [4.78, 5) is 0. The fourth-order valence-corrected chi connectivity index (χ4v) is 1.82. The van der Waals surface area contributed by atoms with Crippen molar-refractivity contribution in [3.8, 4) is 11.5 Å². The van der Waals surface area contributed by atoms with Crippen LogP contribution in [0.15, 0.2) is 30.3 Å². The standard InChI is InChI=1S/C9H12O.C8H10O/c1-6-4-7(2)8(3)9(10)5-6;1-6-4-3-5-7(2)8(6)9/h4-5,10H,1-3H3;3-5,9H,1-2H3. The van der Waals surface area contributed by atoms with Crippen molar-refractivity contribution in [2.75, 3.05) is 0 Å².